The third-order valence-corrected chi connectivity index (χ3v) is 6.05. The quantitative estimate of drug-likeness (QED) is 0.697. The Morgan fingerprint density at radius 3 is 2.64 bits per heavy atom. The van der Waals surface area contributed by atoms with Gasteiger partial charge in [-0.15, -0.1) is 11.6 Å². The van der Waals surface area contributed by atoms with Crippen molar-refractivity contribution in [3.63, 3.8) is 0 Å². The van der Waals surface area contributed by atoms with Gasteiger partial charge >= 0.3 is 0 Å². The molecule has 2 heterocycles. The molecule has 0 aliphatic carbocycles. The van der Waals surface area contributed by atoms with E-state index in [4.69, 9.17) is 26.1 Å². The number of likely N-dealkylation sites (N-methyl/N-ethyl adjacent to an activating group) is 1. The summed E-state index contributed by atoms with van der Waals surface area (Å²) in [6.07, 6.45) is 1.07. The first-order valence-corrected chi connectivity index (χ1v) is 10.4. The lowest BCUT2D eigenvalue weighted by atomic mass is 9.79. The first kappa shape index (κ1) is 19.3. The summed E-state index contributed by atoms with van der Waals surface area (Å²) in [7, 11) is 3.88. The summed E-state index contributed by atoms with van der Waals surface area (Å²) in [5.41, 5.74) is 5.74. The molecule has 4 nitrogen and oxygen atoms in total. The molecule has 1 fully saturated rings. The maximum absolute atomic E-state index is 5.97. The molecule has 0 spiro atoms. The van der Waals surface area contributed by atoms with Gasteiger partial charge in [0.25, 0.3) is 0 Å². The van der Waals surface area contributed by atoms with Crippen molar-refractivity contribution in [3.8, 4) is 11.5 Å². The van der Waals surface area contributed by atoms with E-state index in [-0.39, 0.29) is 0 Å². The highest BCUT2D eigenvalue weighted by atomic mass is 35.5. The number of aliphatic imine (C=N–C) groups is 1. The van der Waals surface area contributed by atoms with E-state index >= 15 is 0 Å². The summed E-state index contributed by atoms with van der Waals surface area (Å²) in [4.78, 5) is 7.61. The molecule has 28 heavy (non-hydrogen) atoms. The van der Waals surface area contributed by atoms with Crippen molar-refractivity contribution in [2.45, 2.75) is 31.2 Å². The molecule has 0 unspecified atom stereocenters. The minimum atomic E-state index is 0.300. The van der Waals surface area contributed by atoms with Crippen LogP contribution in [0.25, 0.3) is 0 Å². The fourth-order valence-electron chi connectivity index (χ4n) is 4.30. The molecule has 5 heteroatoms. The number of piperidine rings is 1. The number of nitrogens with zero attached hydrogens (tertiary/aromatic N) is 2. The van der Waals surface area contributed by atoms with Crippen molar-refractivity contribution >= 4 is 17.3 Å². The number of hydrogen-bond donors (Lipinski definition) is 0. The van der Waals surface area contributed by atoms with Crippen LogP contribution in [0.3, 0.4) is 0 Å². The van der Waals surface area contributed by atoms with Crippen LogP contribution in [0.4, 0.5) is 0 Å². The van der Waals surface area contributed by atoms with Crippen molar-refractivity contribution < 1.29 is 9.47 Å². The lowest BCUT2D eigenvalue weighted by molar-refractivity contribution is 0.226. The SMILES string of the molecule is CCOc1cc2c(cc1OC)C(c1ccc(CCl)cc1)=N[C@@H]1CCN(C)C[C@H]21. The molecule has 0 saturated carbocycles. The first-order valence-electron chi connectivity index (χ1n) is 9.91. The van der Waals surface area contributed by atoms with E-state index in [1.165, 1.54) is 5.56 Å². The predicted octanol–water partition coefficient (Wildman–Crippen LogP) is 4.47. The van der Waals surface area contributed by atoms with E-state index in [2.05, 4.69) is 48.3 Å². The Kier molecular flexibility index (Phi) is 5.61. The summed E-state index contributed by atoms with van der Waals surface area (Å²) in [5.74, 6) is 2.47. The van der Waals surface area contributed by atoms with Gasteiger partial charge in [0.1, 0.15) is 0 Å². The summed E-state index contributed by atoms with van der Waals surface area (Å²) in [5, 5.41) is 0. The largest absolute Gasteiger partial charge is 0.493 e. The number of fused-ring (bicyclic) bond motifs is 3. The Labute approximate surface area is 172 Å². The van der Waals surface area contributed by atoms with Gasteiger partial charge in [-0.1, -0.05) is 24.3 Å². The third kappa shape index (κ3) is 3.51. The van der Waals surface area contributed by atoms with Crippen molar-refractivity contribution in [2.24, 2.45) is 4.99 Å². The van der Waals surface area contributed by atoms with E-state index in [0.29, 0.717) is 24.4 Å². The standard InChI is InChI=1S/C23H27ClN2O2/c1-4-28-22-11-17-18(12-21(22)27-3)23(16-7-5-15(13-24)6-8-16)25-20-9-10-26(2)14-19(17)20/h5-8,11-12,19-20H,4,9-10,13-14H2,1-3H3/t19-,20-/m1/s1. The van der Waals surface area contributed by atoms with Gasteiger partial charge in [0.05, 0.1) is 25.5 Å². The average molecular weight is 399 g/mol. The molecule has 0 N–H and O–H groups in total. The highest BCUT2D eigenvalue weighted by Gasteiger charge is 2.36. The minimum Gasteiger partial charge on any atom is -0.493 e. The molecule has 0 amide bonds. The normalized spacial score (nSPS) is 21.5. The lowest BCUT2D eigenvalue weighted by Gasteiger charge is -2.39. The predicted molar refractivity (Wildman–Crippen MR) is 114 cm³/mol. The number of alkyl halides is 1. The van der Waals surface area contributed by atoms with Gasteiger partial charge in [0.2, 0.25) is 0 Å². The number of benzene rings is 2. The molecule has 2 aliphatic rings. The Bertz CT molecular complexity index is 879. The van der Waals surface area contributed by atoms with Gasteiger partial charge in [-0.2, -0.15) is 0 Å². The Hall–Kier alpha value is -2.04. The van der Waals surface area contributed by atoms with Crippen molar-refractivity contribution in [1.29, 1.82) is 0 Å². The number of halogens is 1. The number of methoxy groups -OCH3 is 1. The summed E-state index contributed by atoms with van der Waals surface area (Å²) in [6, 6.07) is 13.0. The van der Waals surface area contributed by atoms with Gasteiger partial charge in [-0.05, 0) is 50.2 Å². The van der Waals surface area contributed by atoms with E-state index in [0.717, 1.165) is 53.4 Å². The van der Waals surface area contributed by atoms with Crippen molar-refractivity contribution in [1.82, 2.24) is 4.90 Å². The molecule has 0 radical (unpaired) electrons. The second-order valence-corrected chi connectivity index (χ2v) is 7.82. The summed E-state index contributed by atoms with van der Waals surface area (Å²) in [6.45, 7) is 4.70. The number of rotatable bonds is 5. The molecule has 148 valence electrons. The highest BCUT2D eigenvalue weighted by Crippen LogP contribution is 2.42. The van der Waals surface area contributed by atoms with E-state index in [9.17, 15) is 0 Å². The zero-order chi connectivity index (χ0) is 19.7. The topological polar surface area (TPSA) is 34.1 Å². The molecule has 0 bridgehead atoms. The van der Waals surface area contributed by atoms with Crippen LogP contribution < -0.4 is 9.47 Å². The van der Waals surface area contributed by atoms with Gasteiger partial charge in [0, 0.05) is 29.5 Å². The molecular weight excluding hydrogens is 372 g/mol. The number of hydrogen-bond acceptors (Lipinski definition) is 4. The van der Waals surface area contributed by atoms with Crippen LogP contribution in [-0.2, 0) is 5.88 Å². The van der Waals surface area contributed by atoms with Crippen LogP contribution in [0.15, 0.2) is 41.4 Å². The number of ether oxygens (including phenoxy) is 2. The Morgan fingerprint density at radius 1 is 1.18 bits per heavy atom. The van der Waals surface area contributed by atoms with Crippen LogP contribution in [0, 0.1) is 0 Å². The van der Waals surface area contributed by atoms with Crippen molar-refractivity contribution in [3.05, 3.63) is 58.7 Å². The maximum atomic E-state index is 5.97. The molecular formula is C23H27ClN2O2. The molecule has 4 rings (SSSR count). The zero-order valence-electron chi connectivity index (χ0n) is 16.7. The fourth-order valence-corrected chi connectivity index (χ4v) is 4.47. The van der Waals surface area contributed by atoms with E-state index in [1.54, 1.807) is 7.11 Å². The molecule has 2 aromatic rings. The van der Waals surface area contributed by atoms with Crippen LogP contribution in [-0.4, -0.2) is 50.5 Å². The van der Waals surface area contributed by atoms with E-state index < -0.39 is 0 Å². The average Bonchev–Trinajstić information content (AvgIpc) is 2.73. The first-order chi connectivity index (χ1) is 13.6. The van der Waals surface area contributed by atoms with Crippen LogP contribution in [0.1, 0.15) is 41.5 Å². The Morgan fingerprint density at radius 2 is 1.96 bits per heavy atom. The second-order valence-electron chi connectivity index (χ2n) is 7.56. The van der Waals surface area contributed by atoms with Gasteiger partial charge in [0.15, 0.2) is 11.5 Å². The maximum Gasteiger partial charge on any atom is 0.161 e. The molecule has 2 aromatic carbocycles. The van der Waals surface area contributed by atoms with Gasteiger partial charge < -0.3 is 14.4 Å². The zero-order valence-corrected chi connectivity index (χ0v) is 17.5. The van der Waals surface area contributed by atoms with Crippen LogP contribution in [0.5, 0.6) is 11.5 Å². The fraction of sp³-hybridized carbons (Fsp3) is 0.435. The highest BCUT2D eigenvalue weighted by molar-refractivity contribution is 6.17. The smallest absolute Gasteiger partial charge is 0.161 e. The summed E-state index contributed by atoms with van der Waals surface area (Å²) < 4.78 is 11.5. The van der Waals surface area contributed by atoms with Gasteiger partial charge in [-0.3, -0.25) is 4.99 Å². The van der Waals surface area contributed by atoms with Crippen LogP contribution >= 0.6 is 11.6 Å². The molecule has 1 saturated heterocycles. The molecule has 2 aliphatic heterocycles. The monoisotopic (exact) mass is 398 g/mol. The second kappa shape index (κ2) is 8.14. The van der Waals surface area contributed by atoms with E-state index in [1.807, 2.05) is 6.92 Å². The van der Waals surface area contributed by atoms with Crippen molar-refractivity contribution in [2.75, 3.05) is 33.9 Å². The lowest BCUT2D eigenvalue weighted by Crippen LogP contribution is -2.41. The third-order valence-electron chi connectivity index (χ3n) is 5.75. The molecule has 0 aromatic heterocycles. The molecule has 2 atom stereocenters. The number of likely N-dealkylation sites (tertiary alicyclic amines) is 1. The Balaban J connectivity index is 1.85. The summed E-state index contributed by atoms with van der Waals surface area (Å²) >= 11 is 5.97. The minimum absolute atomic E-state index is 0.300. The van der Waals surface area contributed by atoms with Gasteiger partial charge in [-0.25, -0.2) is 0 Å². The van der Waals surface area contributed by atoms with Crippen LogP contribution in [0.2, 0.25) is 0 Å².